The Morgan fingerprint density at radius 1 is 1.10 bits per heavy atom. The number of nitrogens with one attached hydrogen (secondary N) is 1. The Labute approximate surface area is 199 Å². The Morgan fingerprint density at radius 3 is 2.58 bits per heavy atom. The Morgan fingerprint density at radius 2 is 1.90 bits per heavy atom. The zero-order valence-corrected chi connectivity index (χ0v) is 20.7. The van der Waals surface area contributed by atoms with Gasteiger partial charge in [-0.05, 0) is 37.6 Å². The molecule has 1 saturated heterocycles. The average Bonchev–Trinajstić information content (AvgIpc) is 3.32. The van der Waals surface area contributed by atoms with Crippen LogP contribution in [0.3, 0.4) is 0 Å². The molecule has 0 unspecified atom stereocenters. The second-order valence-electron chi connectivity index (χ2n) is 7.14. The van der Waals surface area contributed by atoms with Crippen LogP contribution in [0.15, 0.2) is 42.6 Å². The van der Waals surface area contributed by atoms with Crippen LogP contribution < -0.4 is 5.32 Å². The van der Waals surface area contributed by atoms with Crippen LogP contribution in [0, 0.1) is 6.07 Å². The van der Waals surface area contributed by atoms with Crippen LogP contribution in [-0.2, 0) is 38.6 Å². The van der Waals surface area contributed by atoms with Gasteiger partial charge in [0, 0.05) is 49.8 Å². The third-order valence-corrected chi connectivity index (χ3v) is 5.07. The summed E-state index contributed by atoms with van der Waals surface area (Å²) in [6.45, 7) is 2.00. The number of benzene rings is 1. The van der Waals surface area contributed by atoms with Crippen LogP contribution in [-0.4, -0.2) is 37.8 Å². The monoisotopic (exact) mass is 615 g/mol. The number of fused-ring (bicyclic) bond motifs is 1. The molecule has 9 heteroatoms. The number of anilines is 2. The second kappa shape index (κ2) is 10.9. The summed E-state index contributed by atoms with van der Waals surface area (Å²) in [7, 11) is 3.73. The molecule has 1 N–H and O–H groups in total. The molecule has 1 aliphatic heterocycles. The van der Waals surface area contributed by atoms with Crippen molar-refractivity contribution < 1.29 is 24.5 Å². The van der Waals surface area contributed by atoms with Gasteiger partial charge in [-0.15, -0.1) is 12.1 Å². The van der Waals surface area contributed by atoms with E-state index in [0.717, 1.165) is 41.3 Å². The van der Waals surface area contributed by atoms with Gasteiger partial charge in [-0.25, -0.2) is 5.10 Å². The fourth-order valence-corrected chi connectivity index (χ4v) is 3.40. The summed E-state index contributed by atoms with van der Waals surface area (Å²) in [5.74, 6) is 1.51. The second-order valence-corrected chi connectivity index (χ2v) is 7.57. The van der Waals surface area contributed by atoms with E-state index in [4.69, 9.17) is 16.3 Å². The predicted octanol–water partition coefficient (Wildman–Crippen LogP) is 4.75. The topological polar surface area (TPSA) is 69.8 Å². The van der Waals surface area contributed by atoms with Crippen molar-refractivity contribution in [1.29, 1.82) is 0 Å². The number of nitrogens with zero attached hydrogens (tertiary/aromatic N) is 5. The normalized spacial score (nSPS) is 13.3. The Kier molecular flexibility index (Phi) is 8.19. The van der Waals surface area contributed by atoms with Crippen LogP contribution in [0.25, 0.3) is 22.3 Å². The first-order valence-electron chi connectivity index (χ1n) is 9.95. The van der Waals surface area contributed by atoms with Crippen molar-refractivity contribution in [2.75, 3.05) is 18.5 Å². The minimum atomic E-state index is 0. The van der Waals surface area contributed by atoms with Gasteiger partial charge in [-0.1, -0.05) is 29.1 Å². The summed E-state index contributed by atoms with van der Waals surface area (Å²) in [6, 6.07) is 14.6. The van der Waals surface area contributed by atoms with E-state index in [1.165, 1.54) is 19.3 Å². The van der Waals surface area contributed by atoms with Crippen molar-refractivity contribution in [1.82, 2.24) is 24.5 Å². The van der Waals surface area contributed by atoms with Gasteiger partial charge >= 0.3 is 19.8 Å². The van der Waals surface area contributed by atoms with Gasteiger partial charge in [-0.3, -0.25) is 4.68 Å². The molecule has 1 fully saturated rings. The number of halogens is 1. The molecule has 3 aromatic heterocycles. The van der Waals surface area contributed by atoms with Crippen LogP contribution >= 0.6 is 11.6 Å². The molecule has 0 atom stereocenters. The number of aromatic nitrogens is 5. The van der Waals surface area contributed by atoms with E-state index in [9.17, 15) is 0 Å². The molecule has 7 nitrogen and oxygen atoms in total. The van der Waals surface area contributed by atoms with Gasteiger partial charge in [-0.2, -0.15) is 5.10 Å². The summed E-state index contributed by atoms with van der Waals surface area (Å²) in [5, 5.41) is 13.5. The first-order chi connectivity index (χ1) is 14.6. The molecule has 31 heavy (non-hydrogen) atoms. The first kappa shape index (κ1) is 23.4. The standard InChI is InChI=1S/C17H14ClN6.C5H10O.Os/c1-23-16(9-14(22-23)11-4-3-5-13(18)8-11)20-15-7-6-12-10-19-24(2)17(12)21-15;1-2-4-6-5-3-1;/h3-5,7-10H,1-2H3,(H,20,21);1-5H2;/q-1;;+1. The van der Waals surface area contributed by atoms with Crippen molar-refractivity contribution in [2.45, 2.75) is 19.3 Å². The molecule has 0 spiro atoms. The number of rotatable bonds is 3. The van der Waals surface area contributed by atoms with Gasteiger partial charge in [0.25, 0.3) is 0 Å². The fraction of sp³-hybridized carbons (Fsp3) is 0.318. The zero-order chi connectivity index (χ0) is 20.9. The summed E-state index contributed by atoms with van der Waals surface area (Å²) in [4.78, 5) is 4.56. The van der Waals surface area contributed by atoms with Crippen LogP contribution in [0.1, 0.15) is 19.3 Å². The van der Waals surface area contributed by atoms with Crippen molar-refractivity contribution in [3.05, 3.63) is 53.7 Å². The van der Waals surface area contributed by atoms with Crippen LogP contribution in [0.4, 0.5) is 11.6 Å². The van der Waals surface area contributed by atoms with E-state index in [0.29, 0.717) is 10.8 Å². The average molecular weight is 614 g/mol. The molecule has 163 valence electrons. The molecule has 4 heterocycles. The molecule has 1 aromatic carbocycles. The van der Waals surface area contributed by atoms with Gasteiger partial charge in [0.15, 0.2) is 0 Å². The molecular weight excluding hydrogens is 590 g/mol. The van der Waals surface area contributed by atoms with Gasteiger partial charge in [0.05, 0.1) is 11.3 Å². The Hall–Kier alpha value is -2.26. The number of ether oxygens (including phenoxy) is 1. The van der Waals surface area contributed by atoms with Crippen molar-refractivity contribution in [2.24, 2.45) is 14.1 Å². The quantitative estimate of drug-likeness (QED) is 0.338. The maximum Gasteiger partial charge on any atom is 1.00 e. The third-order valence-electron chi connectivity index (χ3n) is 4.83. The van der Waals surface area contributed by atoms with Gasteiger partial charge in [0.1, 0.15) is 5.82 Å². The van der Waals surface area contributed by atoms with Crippen molar-refractivity contribution in [3.63, 3.8) is 0 Å². The zero-order valence-electron chi connectivity index (χ0n) is 17.5. The van der Waals surface area contributed by atoms with Crippen molar-refractivity contribution in [3.8, 4) is 11.3 Å². The summed E-state index contributed by atoms with van der Waals surface area (Å²) >= 11 is 6.06. The molecule has 0 bridgehead atoms. The fourth-order valence-electron chi connectivity index (χ4n) is 3.21. The minimum Gasteiger partial charge on any atom is -0.381 e. The largest absolute Gasteiger partial charge is 1.00 e. The summed E-state index contributed by atoms with van der Waals surface area (Å²) < 4.78 is 8.56. The summed E-state index contributed by atoms with van der Waals surface area (Å²) in [5.41, 5.74) is 2.58. The third kappa shape index (κ3) is 5.91. The number of aryl methyl sites for hydroxylation is 2. The Balaban J connectivity index is 0.000000338. The van der Waals surface area contributed by atoms with E-state index < -0.39 is 0 Å². The number of hydrogen-bond acceptors (Lipinski definition) is 5. The first-order valence-corrected chi connectivity index (χ1v) is 10.3. The van der Waals surface area contributed by atoms with Crippen LogP contribution in [0.2, 0.25) is 5.02 Å². The Bertz CT molecular complexity index is 1130. The number of hydrogen-bond donors (Lipinski definition) is 1. The van der Waals surface area contributed by atoms with Gasteiger partial charge < -0.3 is 19.7 Å². The van der Waals surface area contributed by atoms with Crippen molar-refractivity contribution >= 4 is 34.3 Å². The predicted molar refractivity (Wildman–Crippen MR) is 119 cm³/mol. The molecule has 0 aliphatic carbocycles. The molecule has 4 aromatic rings. The van der Waals surface area contributed by atoms with E-state index in [2.05, 4.69) is 26.6 Å². The van der Waals surface area contributed by atoms with Crippen LogP contribution in [0.5, 0.6) is 0 Å². The minimum absolute atomic E-state index is 0. The molecule has 1 radical (unpaired) electrons. The molecule has 0 amide bonds. The SMILES string of the molecule is C1CCOCC1.Cn1nc(-c2cccc(Cl)c2)cc1Nc1c[c-]c2cnn(C)c2n1.[Os+]. The molecular formula is C22H24ClN6OOs. The van der Waals surface area contributed by atoms with E-state index in [1.54, 1.807) is 21.6 Å². The maximum atomic E-state index is 6.06. The van der Waals surface area contributed by atoms with Gasteiger partial charge in [0.2, 0.25) is 0 Å². The molecule has 1 aliphatic rings. The molecule has 5 rings (SSSR count). The van der Waals surface area contributed by atoms with E-state index in [1.807, 2.05) is 44.4 Å². The number of pyridine rings is 1. The smallest absolute Gasteiger partial charge is 0.381 e. The van der Waals surface area contributed by atoms with E-state index >= 15 is 0 Å². The summed E-state index contributed by atoms with van der Waals surface area (Å²) in [6.07, 6.45) is 5.67. The van der Waals surface area contributed by atoms with E-state index in [-0.39, 0.29) is 19.8 Å². The molecule has 0 saturated carbocycles. The maximum absolute atomic E-state index is 6.06.